The normalized spacial score (nSPS) is 10.2. The van der Waals surface area contributed by atoms with Crippen LogP contribution in [0.15, 0.2) is 16.5 Å². The van der Waals surface area contributed by atoms with Crippen LogP contribution in [0.25, 0.3) is 0 Å². The Kier molecular flexibility index (Phi) is 3.98. The van der Waals surface area contributed by atoms with Crippen molar-refractivity contribution in [3.8, 4) is 0 Å². The first-order chi connectivity index (χ1) is 6.65. The van der Waals surface area contributed by atoms with Crippen LogP contribution in [-0.4, -0.2) is 38.0 Å². The van der Waals surface area contributed by atoms with Gasteiger partial charge in [0.1, 0.15) is 0 Å². The number of nitrogens with zero attached hydrogens (tertiary/aromatic N) is 1. The number of likely N-dealkylation sites (N-methyl/N-ethyl adjacent to an activating group) is 2. The summed E-state index contributed by atoms with van der Waals surface area (Å²) in [5, 5.41) is 3.19. The zero-order chi connectivity index (χ0) is 10.6. The third-order valence-corrected chi connectivity index (χ3v) is 2.03. The van der Waals surface area contributed by atoms with Gasteiger partial charge in [-0.25, -0.2) is 0 Å². The number of amides is 1. The number of furan rings is 1. The SMILES string of the molecule is CNCCN(C)C(=O)c1ccc(Cl)o1. The summed E-state index contributed by atoms with van der Waals surface area (Å²) < 4.78 is 5.00. The van der Waals surface area contributed by atoms with Crippen LogP contribution < -0.4 is 5.32 Å². The summed E-state index contributed by atoms with van der Waals surface area (Å²) >= 11 is 5.56. The molecule has 0 bridgehead atoms. The molecule has 14 heavy (non-hydrogen) atoms. The van der Waals surface area contributed by atoms with E-state index in [2.05, 4.69) is 5.32 Å². The molecule has 4 nitrogen and oxygen atoms in total. The van der Waals surface area contributed by atoms with Crippen molar-refractivity contribution in [2.75, 3.05) is 27.2 Å². The second kappa shape index (κ2) is 5.02. The van der Waals surface area contributed by atoms with Crippen LogP contribution in [-0.2, 0) is 0 Å². The van der Waals surface area contributed by atoms with E-state index in [1.54, 1.807) is 24.1 Å². The van der Waals surface area contributed by atoms with Gasteiger partial charge in [0.05, 0.1) is 0 Å². The fourth-order valence-electron chi connectivity index (χ4n) is 0.998. The molecule has 1 amide bonds. The molecule has 0 saturated carbocycles. The smallest absolute Gasteiger partial charge is 0.289 e. The number of hydrogen-bond donors (Lipinski definition) is 1. The van der Waals surface area contributed by atoms with Crippen LogP contribution in [0.2, 0.25) is 5.22 Å². The molecule has 1 heterocycles. The molecule has 0 fully saturated rings. The Balaban J connectivity index is 2.56. The van der Waals surface area contributed by atoms with Gasteiger partial charge in [-0.3, -0.25) is 4.79 Å². The molecule has 1 aromatic heterocycles. The van der Waals surface area contributed by atoms with E-state index in [-0.39, 0.29) is 16.9 Å². The number of carbonyl (C=O) groups is 1. The second-order valence-corrected chi connectivity index (χ2v) is 3.31. The zero-order valence-electron chi connectivity index (χ0n) is 8.21. The van der Waals surface area contributed by atoms with Crippen molar-refractivity contribution < 1.29 is 9.21 Å². The Labute approximate surface area is 87.8 Å². The fourth-order valence-corrected chi connectivity index (χ4v) is 1.14. The number of carbonyl (C=O) groups excluding carboxylic acids is 1. The third kappa shape index (κ3) is 2.75. The number of nitrogens with one attached hydrogen (secondary N) is 1. The molecule has 0 aliphatic rings. The summed E-state index contributed by atoms with van der Waals surface area (Å²) in [4.78, 5) is 13.2. The highest BCUT2D eigenvalue weighted by Gasteiger charge is 2.14. The molecule has 0 unspecified atom stereocenters. The molecule has 1 N–H and O–H groups in total. The predicted octanol–water partition coefficient (Wildman–Crippen LogP) is 1.22. The molecule has 0 aliphatic carbocycles. The largest absolute Gasteiger partial charge is 0.440 e. The maximum Gasteiger partial charge on any atom is 0.289 e. The first kappa shape index (κ1) is 11.1. The monoisotopic (exact) mass is 216 g/mol. The second-order valence-electron chi connectivity index (χ2n) is 2.93. The third-order valence-electron chi connectivity index (χ3n) is 1.83. The van der Waals surface area contributed by atoms with E-state index >= 15 is 0 Å². The molecule has 1 rings (SSSR count). The summed E-state index contributed by atoms with van der Waals surface area (Å²) in [6.45, 7) is 1.38. The molecule has 0 saturated heterocycles. The lowest BCUT2D eigenvalue weighted by Gasteiger charge is -2.14. The first-order valence-corrected chi connectivity index (χ1v) is 4.68. The van der Waals surface area contributed by atoms with Gasteiger partial charge in [-0.15, -0.1) is 0 Å². The maximum atomic E-state index is 11.6. The molecule has 5 heteroatoms. The molecular formula is C9H13ClN2O2. The van der Waals surface area contributed by atoms with Crippen LogP contribution >= 0.6 is 11.6 Å². The number of halogens is 1. The van der Waals surface area contributed by atoms with Gasteiger partial charge >= 0.3 is 0 Å². The van der Waals surface area contributed by atoms with Crippen LogP contribution in [0, 0.1) is 0 Å². The van der Waals surface area contributed by atoms with Crippen molar-refractivity contribution in [2.24, 2.45) is 0 Å². The van der Waals surface area contributed by atoms with Gasteiger partial charge < -0.3 is 14.6 Å². The quantitative estimate of drug-likeness (QED) is 0.824. The van der Waals surface area contributed by atoms with Crippen molar-refractivity contribution in [1.82, 2.24) is 10.2 Å². The van der Waals surface area contributed by atoms with Gasteiger partial charge in [-0.1, -0.05) is 0 Å². The topological polar surface area (TPSA) is 45.5 Å². The summed E-state index contributed by atoms with van der Waals surface area (Å²) in [5.74, 6) is 0.112. The molecule has 0 aliphatic heterocycles. The van der Waals surface area contributed by atoms with Crippen LogP contribution in [0.3, 0.4) is 0 Å². The van der Waals surface area contributed by atoms with Crippen molar-refractivity contribution in [1.29, 1.82) is 0 Å². The highest BCUT2D eigenvalue weighted by molar-refractivity contribution is 6.29. The van der Waals surface area contributed by atoms with E-state index in [9.17, 15) is 4.79 Å². The average Bonchev–Trinajstić information content (AvgIpc) is 2.60. The first-order valence-electron chi connectivity index (χ1n) is 4.30. The highest BCUT2D eigenvalue weighted by Crippen LogP contribution is 2.14. The Morgan fingerprint density at radius 1 is 1.64 bits per heavy atom. The van der Waals surface area contributed by atoms with E-state index in [4.69, 9.17) is 16.0 Å². The zero-order valence-corrected chi connectivity index (χ0v) is 8.97. The van der Waals surface area contributed by atoms with Gasteiger partial charge in [-0.05, 0) is 30.8 Å². The average molecular weight is 217 g/mol. The van der Waals surface area contributed by atoms with Gasteiger partial charge in [-0.2, -0.15) is 0 Å². The minimum absolute atomic E-state index is 0.160. The summed E-state index contributed by atoms with van der Waals surface area (Å²) in [6.07, 6.45) is 0. The minimum Gasteiger partial charge on any atom is -0.440 e. The molecule has 78 valence electrons. The molecule has 1 aromatic rings. The minimum atomic E-state index is -0.160. The molecule has 0 aromatic carbocycles. The van der Waals surface area contributed by atoms with E-state index in [1.165, 1.54) is 0 Å². The van der Waals surface area contributed by atoms with E-state index in [1.807, 2.05) is 7.05 Å². The summed E-state index contributed by atoms with van der Waals surface area (Å²) in [6, 6.07) is 3.13. The molecular weight excluding hydrogens is 204 g/mol. The lowest BCUT2D eigenvalue weighted by atomic mass is 10.4. The summed E-state index contributed by atoms with van der Waals surface area (Å²) in [7, 11) is 3.55. The van der Waals surface area contributed by atoms with Crippen LogP contribution in [0.5, 0.6) is 0 Å². The van der Waals surface area contributed by atoms with E-state index in [0.29, 0.717) is 6.54 Å². The van der Waals surface area contributed by atoms with Crippen molar-refractivity contribution in [3.63, 3.8) is 0 Å². The van der Waals surface area contributed by atoms with Crippen molar-refractivity contribution in [3.05, 3.63) is 23.1 Å². The molecule has 0 atom stereocenters. The highest BCUT2D eigenvalue weighted by atomic mass is 35.5. The van der Waals surface area contributed by atoms with Crippen LogP contribution in [0.1, 0.15) is 10.6 Å². The van der Waals surface area contributed by atoms with Gasteiger partial charge in [0.15, 0.2) is 11.0 Å². The Morgan fingerprint density at radius 2 is 2.36 bits per heavy atom. The Morgan fingerprint density at radius 3 is 2.86 bits per heavy atom. The number of rotatable bonds is 4. The standard InChI is InChI=1S/C9H13ClN2O2/c1-11-5-6-12(2)9(13)7-3-4-8(10)14-7/h3-4,11H,5-6H2,1-2H3. The molecule has 0 radical (unpaired) electrons. The lowest BCUT2D eigenvalue weighted by Crippen LogP contribution is -2.32. The molecule has 0 spiro atoms. The summed E-state index contributed by atoms with van der Waals surface area (Å²) in [5.41, 5.74) is 0. The van der Waals surface area contributed by atoms with Gasteiger partial charge in [0, 0.05) is 20.1 Å². The predicted molar refractivity (Wildman–Crippen MR) is 54.6 cm³/mol. The maximum absolute atomic E-state index is 11.6. The van der Waals surface area contributed by atoms with Crippen molar-refractivity contribution in [2.45, 2.75) is 0 Å². The fraction of sp³-hybridized carbons (Fsp3) is 0.444. The van der Waals surface area contributed by atoms with Gasteiger partial charge in [0.2, 0.25) is 0 Å². The van der Waals surface area contributed by atoms with E-state index in [0.717, 1.165) is 6.54 Å². The van der Waals surface area contributed by atoms with Crippen molar-refractivity contribution >= 4 is 17.5 Å². The Bertz CT molecular complexity index is 312. The number of hydrogen-bond acceptors (Lipinski definition) is 3. The lowest BCUT2D eigenvalue weighted by molar-refractivity contribution is 0.0765. The van der Waals surface area contributed by atoms with Gasteiger partial charge in [0.25, 0.3) is 5.91 Å². The van der Waals surface area contributed by atoms with Crippen LogP contribution in [0.4, 0.5) is 0 Å². The van der Waals surface area contributed by atoms with E-state index < -0.39 is 0 Å². The Hall–Kier alpha value is -1.00.